The fourth-order valence-electron chi connectivity index (χ4n) is 1.81. The van der Waals surface area contributed by atoms with E-state index in [2.05, 4.69) is 17.3 Å². The molecule has 0 radical (unpaired) electrons. The Hall–Kier alpha value is -1.36. The van der Waals surface area contributed by atoms with E-state index >= 15 is 0 Å². The summed E-state index contributed by atoms with van der Waals surface area (Å²) in [5.74, 6) is -0.0831. The Morgan fingerprint density at radius 3 is 2.71 bits per heavy atom. The van der Waals surface area contributed by atoms with Gasteiger partial charge in [0.15, 0.2) is 0 Å². The van der Waals surface area contributed by atoms with Gasteiger partial charge in [-0.3, -0.25) is 9.48 Å². The van der Waals surface area contributed by atoms with Crippen molar-refractivity contribution in [3.8, 4) is 0 Å². The van der Waals surface area contributed by atoms with Gasteiger partial charge in [-0.05, 0) is 27.2 Å². The standard InChI is InChI=1S/C12H22N4O/c1-5-6-16-10(4)11(9(3)15-16)12(17)14-8(2)7-13/h8H,5-7,13H2,1-4H3,(H,14,17)/t8-/m0/s1. The minimum atomic E-state index is -0.0831. The Bertz CT molecular complexity index is 397. The molecular weight excluding hydrogens is 216 g/mol. The Labute approximate surface area is 102 Å². The second-order valence-corrected chi connectivity index (χ2v) is 4.38. The molecule has 0 unspecified atom stereocenters. The maximum atomic E-state index is 12.1. The van der Waals surface area contributed by atoms with Crippen molar-refractivity contribution in [2.45, 2.75) is 46.7 Å². The van der Waals surface area contributed by atoms with Gasteiger partial charge in [0.1, 0.15) is 0 Å². The van der Waals surface area contributed by atoms with Crippen molar-refractivity contribution in [2.24, 2.45) is 5.73 Å². The molecule has 0 aromatic carbocycles. The highest BCUT2D eigenvalue weighted by Crippen LogP contribution is 2.13. The van der Waals surface area contributed by atoms with Crippen LogP contribution in [-0.4, -0.2) is 28.3 Å². The number of hydrogen-bond acceptors (Lipinski definition) is 3. The van der Waals surface area contributed by atoms with E-state index in [9.17, 15) is 4.79 Å². The molecule has 1 aromatic rings. The smallest absolute Gasteiger partial charge is 0.255 e. The van der Waals surface area contributed by atoms with Gasteiger partial charge >= 0.3 is 0 Å². The molecular formula is C12H22N4O. The minimum Gasteiger partial charge on any atom is -0.348 e. The third-order valence-corrected chi connectivity index (χ3v) is 2.78. The molecule has 0 bridgehead atoms. The fraction of sp³-hybridized carbons (Fsp3) is 0.667. The molecule has 0 saturated heterocycles. The molecule has 5 heteroatoms. The predicted molar refractivity (Wildman–Crippen MR) is 68.0 cm³/mol. The van der Waals surface area contributed by atoms with Crippen LogP contribution in [0.3, 0.4) is 0 Å². The Kier molecular flexibility index (Phi) is 4.69. The van der Waals surface area contributed by atoms with Crippen molar-refractivity contribution in [3.63, 3.8) is 0 Å². The molecule has 0 aliphatic carbocycles. The highest BCUT2D eigenvalue weighted by atomic mass is 16.1. The van der Waals surface area contributed by atoms with Crippen molar-refractivity contribution in [2.75, 3.05) is 6.54 Å². The first-order chi connectivity index (χ1) is 8.01. The van der Waals surface area contributed by atoms with Crippen LogP contribution in [0, 0.1) is 13.8 Å². The molecule has 0 saturated carbocycles. The molecule has 1 rings (SSSR count). The monoisotopic (exact) mass is 238 g/mol. The number of aryl methyl sites for hydroxylation is 2. The van der Waals surface area contributed by atoms with Gasteiger partial charge in [-0.1, -0.05) is 6.92 Å². The molecule has 5 nitrogen and oxygen atoms in total. The fourth-order valence-corrected chi connectivity index (χ4v) is 1.81. The van der Waals surface area contributed by atoms with Gasteiger partial charge in [0.2, 0.25) is 0 Å². The third-order valence-electron chi connectivity index (χ3n) is 2.78. The average molecular weight is 238 g/mol. The van der Waals surface area contributed by atoms with E-state index in [1.165, 1.54) is 0 Å². The van der Waals surface area contributed by atoms with Gasteiger partial charge in [0, 0.05) is 24.8 Å². The van der Waals surface area contributed by atoms with E-state index in [1.54, 1.807) is 0 Å². The van der Waals surface area contributed by atoms with E-state index in [0.29, 0.717) is 12.1 Å². The lowest BCUT2D eigenvalue weighted by Gasteiger charge is -2.11. The number of amides is 1. The maximum absolute atomic E-state index is 12.1. The highest BCUT2D eigenvalue weighted by molar-refractivity contribution is 5.96. The molecule has 96 valence electrons. The second kappa shape index (κ2) is 5.82. The van der Waals surface area contributed by atoms with Crippen molar-refractivity contribution in [1.29, 1.82) is 0 Å². The molecule has 1 heterocycles. The predicted octanol–water partition coefficient (Wildman–Crippen LogP) is 0.987. The van der Waals surface area contributed by atoms with Crippen LogP contribution in [0.2, 0.25) is 0 Å². The summed E-state index contributed by atoms with van der Waals surface area (Å²) < 4.78 is 1.89. The highest BCUT2D eigenvalue weighted by Gasteiger charge is 2.19. The number of nitrogens with zero attached hydrogens (tertiary/aromatic N) is 2. The number of nitrogens with one attached hydrogen (secondary N) is 1. The summed E-state index contributed by atoms with van der Waals surface area (Å²) in [5, 5.41) is 7.24. The van der Waals surface area contributed by atoms with Gasteiger partial charge in [-0.25, -0.2) is 0 Å². The number of rotatable bonds is 5. The lowest BCUT2D eigenvalue weighted by molar-refractivity contribution is 0.0940. The van der Waals surface area contributed by atoms with Crippen LogP contribution in [0.15, 0.2) is 0 Å². The molecule has 0 fully saturated rings. The molecule has 1 amide bonds. The van der Waals surface area contributed by atoms with E-state index in [0.717, 1.165) is 24.4 Å². The van der Waals surface area contributed by atoms with Crippen LogP contribution in [0.4, 0.5) is 0 Å². The topological polar surface area (TPSA) is 72.9 Å². The summed E-state index contributed by atoms with van der Waals surface area (Å²) in [4.78, 5) is 12.1. The summed E-state index contributed by atoms with van der Waals surface area (Å²) in [5.41, 5.74) is 7.87. The number of aromatic nitrogens is 2. The number of nitrogens with two attached hydrogens (primary N) is 1. The Morgan fingerprint density at radius 2 is 2.18 bits per heavy atom. The molecule has 17 heavy (non-hydrogen) atoms. The lowest BCUT2D eigenvalue weighted by atomic mass is 10.1. The van der Waals surface area contributed by atoms with Crippen LogP contribution < -0.4 is 11.1 Å². The largest absolute Gasteiger partial charge is 0.348 e. The van der Waals surface area contributed by atoms with E-state index in [-0.39, 0.29) is 11.9 Å². The van der Waals surface area contributed by atoms with Gasteiger partial charge < -0.3 is 11.1 Å². The van der Waals surface area contributed by atoms with Crippen molar-refractivity contribution >= 4 is 5.91 Å². The van der Waals surface area contributed by atoms with E-state index in [1.807, 2.05) is 25.5 Å². The van der Waals surface area contributed by atoms with Crippen LogP contribution >= 0.6 is 0 Å². The van der Waals surface area contributed by atoms with Crippen LogP contribution in [0.25, 0.3) is 0 Å². The molecule has 1 atom stereocenters. The summed E-state index contributed by atoms with van der Waals surface area (Å²) in [6, 6.07) is -0.0178. The van der Waals surface area contributed by atoms with Crippen molar-refractivity contribution in [3.05, 3.63) is 17.0 Å². The number of hydrogen-bond donors (Lipinski definition) is 2. The zero-order chi connectivity index (χ0) is 13.0. The molecule has 1 aromatic heterocycles. The van der Waals surface area contributed by atoms with Crippen LogP contribution in [0.5, 0.6) is 0 Å². The lowest BCUT2D eigenvalue weighted by Crippen LogP contribution is -2.38. The number of carbonyl (C=O) groups is 1. The van der Waals surface area contributed by atoms with Crippen LogP contribution in [0.1, 0.15) is 42.0 Å². The van der Waals surface area contributed by atoms with E-state index in [4.69, 9.17) is 5.73 Å². The summed E-state index contributed by atoms with van der Waals surface area (Å²) in [6.07, 6.45) is 1.00. The zero-order valence-corrected chi connectivity index (χ0v) is 11.1. The average Bonchev–Trinajstić information content (AvgIpc) is 2.54. The third kappa shape index (κ3) is 3.06. The quantitative estimate of drug-likeness (QED) is 0.803. The minimum absolute atomic E-state index is 0.0178. The summed E-state index contributed by atoms with van der Waals surface area (Å²) >= 11 is 0. The van der Waals surface area contributed by atoms with Crippen molar-refractivity contribution in [1.82, 2.24) is 15.1 Å². The van der Waals surface area contributed by atoms with Gasteiger partial charge in [-0.2, -0.15) is 5.10 Å². The first kappa shape index (κ1) is 13.7. The van der Waals surface area contributed by atoms with E-state index < -0.39 is 0 Å². The molecule has 0 aliphatic heterocycles. The van der Waals surface area contributed by atoms with Gasteiger partial charge in [-0.15, -0.1) is 0 Å². The molecule has 3 N–H and O–H groups in total. The Balaban J connectivity index is 2.93. The zero-order valence-electron chi connectivity index (χ0n) is 11.1. The molecule has 0 aliphatic rings. The van der Waals surface area contributed by atoms with Gasteiger partial charge in [0.05, 0.1) is 11.3 Å². The first-order valence-corrected chi connectivity index (χ1v) is 6.06. The second-order valence-electron chi connectivity index (χ2n) is 4.38. The normalized spacial score (nSPS) is 12.5. The first-order valence-electron chi connectivity index (χ1n) is 6.06. The SMILES string of the molecule is CCCn1nc(C)c(C(=O)N[C@@H](C)CN)c1C. The maximum Gasteiger partial charge on any atom is 0.255 e. The summed E-state index contributed by atoms with van der Waals surface area (Å²) in [7, 11) is 0. The molecule has 0 spiro atoms. The summed E-state index contributed by atoms with van der Waals surface area (Å²) in [6.45, 7) is 9.05. The van der Waals surface area contributed by atoms with Crippen LogP contribution in [-0.2, 0) is 6.54 Å². The number of carbonyl (C=O) groups excluding carboxylic acids is 1. The van der Waals surface area contributed by atoms with Crippen molar-refractivity contribution < 1.29 is 4.79 Å². The Morgan fingerprint density at radius 1 is 1.53 bits per heavy atom. The van der Waals surface area contributed by atoms with Gasteiger partial charge in [0.25, 0.3) is 5.91 Å².